The van der Waals surface area contributed by atoms with Crippen LogP contribution in [0.1, 0.15) is 36.0 Å². The first-order valence-electron chi connectivity index (χ1n) is 5.91. The van der Waals surface area contributed by atoms with Crippen LogP contribution in [0.4, 0.5) is 0 Å². The molecule has 0 aliphatic heterocycles. The van der Waals surface area contributed by atoms with Crippen molar-refractivity contribution in [3.63, 3.8) is 0 Å². The Labute approximate surface area is 109 Å². The van der Waals surface area contributed by atoms with E-state index in [1.807, 2.05) is 12.1 Å². The predicted octanol–water partition coefficient (Wildman–Crippen LogP) is 2.48. The highest BCUT2D eigenvalue weighted by molar-refractivity contribution is 9.10. The molecule has 0 bridgehead atoms. The van der Waals surface area contributed by atoms with Gasteiger partial charge in [-0.2, -0.15) is 0 Å². The van der Waals surface area contributed by atoms with Gasteiger partial charge < -0.3 is 10.4 Å². The highest BCUT2D eigenvalue weighted by atomic mass is 79.9. The number of hydrogen-bond donors (Lipinski definition) is 2. The Kier molecular flexibility index (Phi) is 4.18. The predicted molar refractivity (Wildman–Crippen MR) is 69.9 cm³/mol. The van der Waals surface area contributed by atoms with Crippen molar-refractivity contribution in [3.05, 3.63) is 34.3 Å². The topological polar surface area (TPSA) is 49.3 Å². The molecule has 0 radical (unpaired) electrons. The lowest BCUT2D eigenvalue weighted by Gasteiger charge is -2.28. The van der Waals surface area contributed by atoms with Crippen LogP contribution in [0.15, 0.2) is 28.7 Å². The summed E-state index contributed by atoms with van der Waals surface area (Å²) >= 11 is 3.33. The zero-order valence-electron chi connectivity index (χ0n) is 9.53. The van der Waals surface area contributed by atoms with Gasteiger partial charge in [-0.05, 0) is 37.1 Å². The second-order valence-electron chi connectivity index (χ2n) is 4.44. The maximum Gasteiger partial charge on any atom is 0.251 e. The molecule has 1 fully saturated rings. The lowest BCUT2D eigenvalue weighted by atomic mass is 9.92. The summed E-state index contributed by atoms with van der Waals surface area (Å²) in [4.78, 5) is 11.9. The summed E-state index contributed by atoms with van der Waals surface area (Å²) in [5.41, 5.74) is 0.631. The van der Waals surface area contributed by atoms with Crippen LogP contribution in [0.2, 0.25) is 0 Å². The van der Waals surface area contributed by atoms with Crippen molar-refractivity contribution in [1.82, 2.24) is 5.32 Å². The monoisotopic (exact) mass is 297 g/mol. The van der Waals surface area contributed by atoms with Gasteiger partial charge in [-0.15, -0.1) is 0 Å². The molecule has 3 nitrogen and oxygen atoms in total. The Morgan fingerprint density at radius 1 is 1.24 bits per heavy atom. The zero-order chi connectivity index (χ0) is 12.3. The Morgan fingerprint density at radius 3 is 2.53 bits per heavy atom. The van der Waals surface area contributed by atoms with Gasteiger partial charge in [-0.1, -0.05) is 28.8 Å². The molecule has 1 aromatic carbocycles. The molecule has 0 unspecified atom stereocenters. The number of benzene rings is 1. The second kappa shape index (κ2) is 5.65. The molecule has 4 heteroatoms. The second-order valence-corrected chi connectivity index (χ2v) is 5.35. The molecule has 2 rings (SSSR count). The van der Waals surface area contributed by atoms with Crippen molar-refractivity contribution in [1.29, 1.82) is 0 Å². The summed E-state index contributed by atoms with van der Waals surface area (Å²) < 4.78 is 0.951. The maximum atomic E-state index is 11.9. The number of aliphatic hydroxyl groups is 1. The summed E-state index contributed by atoms with van der Waals surface area (Å²) in [5, 5.41) is 12.7. The first kappa shape index (κ1) is 12.6. The van der Waals surface area contributed by atoms with Crippen LogP contribution < -0.4 is 5.32 Å². The quantitative estimate of drug-likeness (QED) is 0.881. The lowest BCUT2D eigenvalue weighted by molar-refractivity contribution is 0.0717. The summed E-state index contributed by atoms with van der Waals surface area (Å²) in [6, 6.07) is 7.13. The van der Waals surface area contributed by atoms with E-state index in [2.05, 4.69) is 21.2 Å². The number of rotatable bonds is 2. The average molecular weight is 298 g/mol. The normalized spacial score (nSPS) is 24.4. The third-order valence-electron chi connectivity index (χ3n) is 3.15. The third kappa shape index (κ3) is 3.30. The molecule has 92 valence electrons. The zero-order valence-corrected chi connectivity index (χ0v) is 11.1. The third-order valence-corrected chi connectivity index (χ3v) is 3.68. The van der Waals surface area contributed by atoms with Gasteiger partial charge in [-0.25, -0.2) is 0 Å². The van der Waals surface area contributed by atoms with E-state index in [0.29, 0.717) is 5.56 Å². The van der Waals surface area contributed by atoms with E-state index >= 15 is 0 Å². The van der Waals surface area contributed by atoms with Crippen LogP contribution >= 0.6 is 15.9 Å². The van der Waals surface area contributed by atoms with Crippen molar-refractivity contribution in [2.24, 2.45) is 0 Å². The average Bonchev–Trinajstić information content (AvgIpc) is 2.33. The van der Waals surface area contributed by atoms with Gasteiger partial charge in [0.1, 0.15) is 0 Å². The molecule has 0 saturated heterocycles. The summed E-state index contributed by atoms with van der Waals surface area (Å²) in [7, 11) is 0. The molecule has 1 aliphatic carbocycles. The van der Waals surface area contributed by atoms with Gasteiger partial charge >= 0.3 is 0 Å². The molecule has 1 amide bonds. The molecular weight excluding hydrogens is 282 g/mol. The van der Waals surface area contributed by atoms with Gasteiger partial charge in [0.15, 0.2) is 0 Å². The van der Waals surface area contributed by atoms with Gasteiger partial charge in [0.25, 0.3) is 5.91 Å². The molecule has 0 aromatic heterocycles. The molecule has 1 saturated carbocycles. The van der Waals surface area contributed by atoms with Crippen molar-refractivity contribution in [2.75, 3.05) is 0 Å². The fourth-order valence-corrected chi connectivity index (χ4v) is 2.40. The van der Waals surface area contributed by atoms with Crippen molar-refractivity contribution in [2.45, 2.75) is 37.8 Å². The van der Waals surface area contributed by atoms with Gasteiger partial charge in [-0.3, -0.25) is 4.79 Å². The number of hydrogen-bond acceptors (Lipinski definition) is 2. The van der Waals surface area contributed by atoms with Crippen LogP contribution in [0.3, 0.4) is 0 Å². The minimum atomic E-state index is -0.400. The molecule has 0 spiro atoms. The van der Waals surface area contributed by atoms with Gasteiger partial charge in [0, 0.05) is 10.0 Å². The Morgan fingerprint density at radius 2 is 1.88 bits per heavy atom. The van der Waals surface area contributed by atoms with Crippen LogP contribution in [0, 0.1) is 0 Å². The van der Waals surface area contributed by atoms with Crippen LogP contribution in [0.25, 0.3) is 0 Å². The Hall–Kier alpha value is -0.870. The Bertz CT molecular complexity index is 391. The van der Waals surface area contributed by atoms with E-state index < -0.39 is 6.10 Å². The van der Waals surface area contributed by atoms with E-state index in [1.165, 1.54) is 0 Å². The SMILES string of the molecule is O=C(N[C@H]1CCCC[C@@H]1O)c1ccc(Br)cc1. The highest BCUT2D eigenvalue weighted by Gasteiger charge is 2.24. The number of halogens is 1. The molecular formula is C13H16BrNO2. The van der Waals surface area contributed by atoms with Gasteiger partial charge in [0.05, 0.1) is 12.1 Å². The molecule has 0 heterocycles. The fourth-order valence-electron chi connectivity index (χ4n) is 2.13. The molecule has 17 heavy (non-hydrogen) atoms. The lowest BCUT2D eigenvalue weighted by Crippen LogP contribution is -2.45. The van der Waals surface area contributed by atoms with Crippen molar-refractivity contribution < 1.29 is 9.90 Å². The smallest absolute Gasteiger partial charge is 0.251 e. The van der Waals surface area contributed by atoms with E-state index in [4.69, 9.17) is 0 Å². The number of amides is 1. The standard InChI is InChI=1S/C13H16BrNO2/c14-10-7-5-9(6-8-10)13(17)15-11-3-1-2-4-12(11)16/h5-8,11-12,16H,1-4H2,(H,15,17)/t11-,12-/m0/s1. The van der Waals surface area contributed by atoms with E-state index in [-0.39, 0.29) is 11.9 Å². The number of nitrogens with one attached hydrogen (secondary N) is 1. The van der Waals surface area contributed by atoms with Crippen LogP contribution in [-0.4, -0.2) is 23.2 Å². The number of aliphatic hydroxyl groups excluding tert-OH is 1. The summed E-state index contributed by atoms with van der Waals surface area (Å²) in [5.74, 6) is -0.108. The molecule has 2 atom stereocenters. The first-order valence-corrected chi connectivity index (χ1v) is 6.70. The number of carbonyl (C=O) groups is 1. The van der Waals surface area contributed by atoms with Crippen molar-refractivity contribution >= 4 is 21.8 Å². The van der Waals surface area contributed by atoms with Crippen LogP contribution in [-0.2, 0) is 0 Å². The maximum absolute atomic E-state index is 11.9. The molecule has 1 aliphatic rings. The van der Waals surface area contributed by atoms with Gasteiger partial charge in [0.2, 0.25) is 0 Å². The van der Waals surface area contributed by atoms with E-state index in [0.717, 1.165) is 30.2 Å². The van der Waals surface area contributed by atoms with E-state index in [1.54, 1.807) is 12.1 Å². The minimum absolute atomic E-state index is 0.0973. The number of carbonyl (C=O) groups excluding carboxylic acids is 1. The largest absolute Gasteiger partial charge is 0.391 e. The van der Waals surface area contributed by atoms with Crippen molar-refractivity contribution in [3.8, 4) is 0 Å². The molecule has 2 N–H and O–H groups in total. The summed E-state index contributed by atoms with van der Waals surface area (Å²) in [6.07, 6.45) is 3.37. The molecule has 1 aromatic rings. The van der Waals surface area contributed by atoms with E-state index in [9.17, 15) is 9.90 Å². The summed E-state index contributed by atoms with van der Waals surface area (Å²) in [6.45, 7) is 0. The highest BCUT2D eigenvalue weighted by Crippen LogP contribution is 2.19. The van der Waals surface area contributed by atoms with Crippen LogP contribution in [0.5, 0.6) is 0 Å². The minimum Gasteiger partial charge on any atom is -0.391 e. The fraction of sp³-hybridized carbons (Fsp3) is 0.462. The first-order chi connectivity index (χ1) is 8.16. The Balaban J connectivity index is 1.98.